The van der Waals surface area contributed by atoms with Gasteiger partial charge in [0.2, 0.25) is 5.95 Å². The van der Waals surface area contributed by atoms with E-state index < -0.39 is 5.60 Å². The van der Waals surface area contributed by atoms with Gasteiger partial charge in [0.25, 0.3) is 11.8 Å². The van der Waals surface area contributed by atoms with E-state index in [2.05, 4.69) is 20.3 Å². The van der Waals surface area contributed by atoms with Gasteiger partial charge in [-0.15, -0.1) is 0 Å². The fraction of sp³-hybridized carbons (Fsp3) is 0.261. The van der Waals surface area contributed by atoms with Crippen LogP contribution < -0.4 is 19.9 Å². The van der Waals surface area contributed by atoms with Crippen molar-refractivity contribution >= 4 is 29.1 Å². The topological polar surface area (TPSA) is 101 Å². The van der Waals surface area contributed by atoms with E-state index in [1.54, 1.807) is 67.4 Å². The highest BCUT2D eigenvalue weighted by Crippen LogP contribution is 2.38. The minimum atomic E-state index is -0.992. The molecule has 0 saturated carbocycles. The van der Waals surface area contributed by atoms with E-state index in [0.29, 0.717) is 39.9 Å². The monoisotopic (exact) mass is 432 g/mol. The Morgan fingerprint density at radius 3 is 2.66 bits per heavy atom. The first kappa shape index (κ1) is 21.2. The Balaban J connectivity index is 1.68. The summed E-state index contributed by atoms with van der Waals surface area (Å²) in [5.74, 6) is 0.494. The summed E-state index contributed by atoms with van der Waals surface area (Å²) in [4.78, 5) is 41.9. The van der Waals surface area contributed by atoms with E-state index in [-0.39, 0.29) is 11.8 Å². The molecular weight excluding hydrogens is 408 g/mol. The number of amides is 2. The Hall–Kier alpha value is -4.01. The molecule has 9 heteroatoms. The van der Waals surface area contributed by atoms with Gasteiger partial charge in [-0.2, -0.15) is 0 Å². The van der Waals surface area contributed by atoms with Crippen LogP contribution in [-0.2, 0) is 4.79 Å². The number of nitrogens with zero attached hydrogens (tertiary/aromatic N) is 5. The minimum absolute atomic E-state index is 0.138. The Kier molecular flexibility index (Phi) is 5.25. The maximum atomic E-state index is 13.2. The number of hydrogen-bond donors (Lipinski definition) is 1. The highest BCUT2D eigenvalue weighted by Gasteiger charge is 2.39. The van der Waals surface area contributed by atoms with Crippen LogP contribution in [0.5, 0.6) is 5.75 Å². The Labute approximate surface area is 186 Å². The molecule has 3 aromatic rings. The van der Waals surface area contributed by atoms with Crippen molar-refractivity contribution in [2.75, 3.05) is 36.3 Å². The molecule has 164 valence electrons. The van der Waals surface area contributed by atoms with Gasteiger partial charge in [0, 0.05) is 57.1 Å². The number of hydrogen-bond acceptors (Lipinski definition) is 7. The second-order valence-electron chi connectivity index (χ2n) is 8.18. The molecule has 0 atom stereocenters. The first-order valence-electron chi connectivity index (χ1n) is 10.0. The number of nitrogens with one attached hydrogen (secondary N) is 1. The zero-order chi connectivity index (χ0) is 23.0. The Morgan fingerprint density at radius 2 is 1.97 bits per heavy atom. The molecule has 2 aromatic heterocycles. The van der Waals surface area contributed by atoms with Crippen LogP contribution in [0.25, 0.3) is 11.3 Å². The van der Waals surface area contributed by atoms with Gasteiger partial charge in [0.15, 0.2) is 5.60 Å². The van der Waals surface area contributed by atoms with Crippen molar-refractivity contribution in [3.63, 3.8) is 0 Å². The predicted molar refractivity (Wildman–Crippen MR) is 122 cm³/mol. The molecule has 0 fully saturated rings. The molecule has 1 aromatic carbocycles. The summed E-state index contributed by atoms with van der Waals surface area (Å²) in [6.07, 6.45) is 4.82. The average molecular weight is 432 g/mol. The van der Waals surface area contributed by atoms with Gasteiger partial charge in [-0.3, -0.25) is 14.6 Å². The van der Waals surface area contributed by atoms with Crippen LogP contribution in [-0.4, -0.2) is 53.5 Å². The zero-order valence-electron chi connectivity index (χ0n) is 18.6. The average Bonchev–Trinajstić information content (AvgIpc) is 2.77. The standard InChI is InChI=1S/C23H24N6O3/c1-23(2)21(31)29(5)17-9-8-15(11-18(17)32-23)26-20(30)16-13-25-22(28(3)4)27-19(16)14-7-6-10-24-12-14/h6-13H,1-5H3,(H,26,30). The number of likely N-dealkylation sites (N-methyl/N-ethyl adjacent to an activating group) is 1. The van der Waals surface area contributed by atoms with Gasteiger partial charge < -0.3 is 19.9 Å². The van der Waals surface area contributed by atoms with Crippen LogP contribution in [0.2, 0.25) is 0 Å². The lowest BCUT2D eigenvalue weighted by Crippen LogP contribution is -2.50. The second-order valence-corrected chi connectivity index (χ2v) is 8.18. The lowest BCUT2D eigenvalue weighted by atomic mass is 10.0. The van der Waals surface area contributed by atoms with Crippen molar-refractivity contribution < 1.29 is 14.3 Å². The second kappa shape index (κ2) is 7.92. The molecule has 0 saturated heterocycles. The fourth-order valence-electron chi connectivity index (χ4n) is 3.46. The van der Waals surface area contributed by atoms with Crippen LogP contribution >= 0.6 is 0 Å². The molecule has 0 bridgehead atoms. The molecule has 4 rings (SSSR count). The summed E-state index contributed by atoms with van der Waals surface area (Å²) in [5, 5.41) is 2.88. The molecule has 0 unspecified atom stereocenters. The van der Waals surface area contributed by atoms with Gasteiger partial charge >= 0.3 is 0 Å². The summed E-state index contributed by atoms with van der Waals surface area (Å²) >= 11 is 0. The van der Waals surface area contributed by atoms with Crippen molar-refractivity contribution in [3.05, 3.63) is 54.5 Å². The number of benzene rings is 1. The zero-order valence-corrected chi connectivity index (χ0v) is 18.6. The molecule has 0 radical (unpaired) electrons. The SMILES string of the molecule is CN(C)c1ncc(C(=O)Nc2ccc3c(c2)OC(C)(C)C(=O)N3C)c(-c2cccnc2)n1. The summed E-state index contributed by atoms with van der Waals surface area (Å²) < 4.78 is 5.88. The third kappa shape index (κ3) is 3.84. The van der Waals surface area contributed by atoms with E-state index in [4.69, 9.17) is 4.74 Å². The molecule has 3 heterocycles. The largest absolute Gasteiger partial charge is 0.476 e. The number of carbonyl (C=O) groups is 2. The number of aromatic nitrogens is 3. The Morgan fingerprint density at radius 1 is 1.19 bits per heavy atom. The van der Waals surface area contributed by atoms with Gasteiger partial charge in [0.05, 0.1) is 16.9 Å². The fourth-order valence-corrected chi connectivity index (χ4v) is 3.46. The molecule has 9 nitrogen and oxygen atoms in total. The molecule has 1 aliphatic heterocycles. The molecule has 0 aliphatic carbocycles. The number of carbonyl (C=O) groups excluding carboxylic acids is 2. The Bertz CT molecular complexity index is 1190. The van der Waals surface area contributed by atoms with Gasteiger partial charge in [-0.05, 0) is 38.1 Å². The van der Waals surface area contributed by atoms with Gasteiger partial charge in [0.1, 0.15) is 5.75 Å². The predicted octanol–water partition coefficient (Wildman–Crippen LogP) is 2.99. The van der Waals surface area contributed by atoms with E-state index >= 15 is 0 Å². The van der Waals surface area contributed by atoms with Crippen LogP contribution in [0, 0.1) is 0 Å². The highest BCUT2D eigenvalue weighted by molar-refractivity contribution is 6.08. The summed E-state index contributed by atoms with van der Waals surface area (Å²) in [7, 11) is 5.37. The van der Waals surface area contributed by atoms with E-state index in [9.17, 15) is 9.59 Å². The first-order chi connectivity index (χ1) is 15.2. The van der Waals surface area contributed by atoms with Crippen LogP contribution in [0.1, 0.15) is 24.2 Å². The van der Waals surface area contributed by atoms with Crippen molar-refractivity contribution in [1.82, 2.24) is 15.0 Å². The van der Waals surface area contributed by atoms with E-state index in [1.165, 1.54) is 6.20 Å². The smallest absolute Gasteiger partial charge is 0.270 e. The van der Waals surface area contributed by atoms with Crippen LogP contribution in [0.4, 0.5) is 17.3 Å². The van der Waals surface area contributed by atoms with Gasteiger partial charge in [-0.1, -0.05) is 0 Å². The highest BCUT2D eigenvalue weighted by atomic mass is 16.5. The number of rotatable bonds is 4. The van der Waals surface area contributed by atoms with E-state index in [0.717, 1.165) is 0 Å². The number of pyridine rings is 1. The van der Waals surface area contributed by atoms with Crippen molar-refractivity contribution in [1.29, 1.82) is 0 Å². The summed E-state index contributed by atoms with van der Waals surface area (Å²) in [6.45, 7) is 3.42. The third-order valence-corrected chi connectivity index (χ3v) is 5.12. The first-order valence-corrected chi connectivity index (χ1v) is 10.0. The number of ether oxygens (including phenoxy) is 1. The molecule has 1 aliphatic rings. The van der Waals surface area contributed by atoms with Crippen LogP contribution in [0.3, 0.4) is 0 Å². The lowest BCUT2D eigenvalue weighted by Gasteiger charge is -2.37. The quantitative estimate of drug-likeness (QED) is 0.676. The molecule has 1 N–H and O–H groups in total. The maximum Gasteiger partial charge on any atom is 0.270 e. The molecular formula is C23H24N6O3. The lowest BCUT2D eigenvalue weighted by molar-refractivity contribution is -0.132. The van der Waals surface area contributed by atoms with Crippen molar-refractivity contribution in [2.45, 2.75) is 19.4 Å². The minimum Gasteiger partial charge on any atom is -0.476 e. The molecule has 2 amide bonds. The maximum absolute atomic E-state index is 13.2. The van der Waals surface area contributed by atoms with E-state index in [1.807, 2.05) is 20.2 Å². The molecule has 32 heavy (non-hydrogen) atoms. The number of anilines is 3. The van der Waals surface area contributed by atoms with Crippen molar-refractivity contribution in [2.24, 2.45) is 0 Å². The third-order valence-electron chi connectivity index (χ3n) is 5.12. The molecule has 0 spiro atoms. The summed E-state index contributed by atoms with van der Waals surface area (Å²) in [6, 6.07) is 8.80. The van der Waals surface area contributed by atoms with Crippen LogP contribution in [0.15, 0.2) is 48.9 Å². The van der Waals surface area contributed by atoms with Crippen molar-refractivity contribution in [3.8, 4) is 17.0 Å². The van der Waals surface area contributed by atoms with Gasteiger partial charge in [-0.25, -0.2) is 9.97 Å². The summed E-state index contributed by atoms with van der Waals surface area (Å²) in [5.41, 5.74) is 1.68. The normalized spacial score (nSPS) is 14.4. The number of fused-ring (bicyclic) bond motifs is 1.